The smallest absolute Gasteiger partial charge is 0.336 e. The van der Waals surface area contributed by atoms with Crippen molar-refractivity contribution in [2.75, 3.05) is 7.05 Å². The number of nitrogens with one attached hydrogen (secondary N) is 1. The number of aryl methyl sites for hydroxylation is 2. The molecular weight excluding hydrogens is 366 g/mol. The van der Waals surface area contributed by atoms with Crippen molar-refractivity contribution >= 4 is 26.9 Å². The second-order valence-electron chi connectivity index (χ2n) is 6.46. The van der Waals surface area contributed by atoms with Gasteiger partial charge in [-0.05, 0) is 49.2 Å². The number of fused-ring (bicyclic) bond motifs is 1. The van der Waals surface area contributed by atoms with E-state index in [-0.39, 0.29) is 5.63 Å². The summed E-state index contributed by atoms with van der Waals surface area (Å²) >= 11 is 3.46. The van der Waals surface area contributed by atoms with Crippen LogP contribution in [0.25, 0.3) is 11.0 Å². The van der Waals surface area contributed by atoms with Crippen LogP contribution in [0.15, 0.2) is 56.1 Å². The number of hydrogen-bond acceptors (Lipinski definition) is 2. The van der Waals surface area contributed by atoms with Crippen molar-refractivity contribution in [3.05, 3.63) is 79.6 Å². The molecule has 3 aromatic rings. The second kappa shape index (κ2) is 6.91. The van der Waals surface area contributed by atoms with Gasteiger partial charge in [0.05, 0.1) is 7.05 Å². The average Bonchev–Trinajstić information content (AvgIpc) is 2.51. The monoisotopic (exact) mass is 386 g/mol. The Morgan fingerprint density at radius 3 is 2.38 bits per heavy atom. The predicted molar refractivity (Wildman–Crippen MR) is 100 cm³/mol. The molecule has 4 heteroatoms. The molecule has 3 rings (SSSR count). The average molecular weight is 387 g/mol. The largest absolute Gasteiger partial charge is 0.423 e. The number of benzene rings is 2. The van der Waals surface area contributed by atoms with E-state index in [1.807, 2.05) is 13.0 Å². The van der Waals surface area contributed by atoms with E-state index in [4.69, 9.17) is 4.42 Å². The SMILES string of the molecule is Cc1cc2oc(=O)cc(C[NH+](C)Cc3ccc(Br)cc3)c2cc1C. The molecule has 0 spiro atoms. The third kappa shape index (κ3) is 3.77. The molecule has 0 radical (unpaired) electrons. The fraction of sp³-hybridized carbons (Fsp3) is 0.250. The Labute approximate surface area is 150 Å². The van der Waals surface area contributed by atoms with Crippen LogP contribution in [0.2, 0.25) is 0 Å². The van der Waals surface area contributed by atoms with Gasteiger partial charge in [-0.25, -0.2) is 4.79 Å². The summed E-state index contributed by atoms with van der Waals surface area (Å²) in [4.78, 5) is 13.2. The van der Waals surface area contributed by atoms with Crippen LogP contribution >= 0.6 is 15.9 Å². The molecule has 0 saturated carbocycles. The molecule has 0 aliphatic rings. The van der Waals surface area contributed by atoms with E-state index in [2.05, 4.69) is 60.2 Å². The molecule has 1 unspecified atom stereocenters. The van der Waals surface area contributed by atoms with Gasteiger partial charge in [-0.2, -0.15) is 0 Å². The Hall–Kier alpha value is -1.91. The number of halogens is 1. The lowest BCUT2D eigenvalue weighted by molar-refractivity contribution is -0.907. The first kappa shape index (κ1) is 16.9. The van der Waals surface area contributed by atoms with Crippen molar-refractivity contribution < 1.29 is 9.32 Å². The van der Waals surface area contributed by atoms with Crippen molar-refractivity contribution in [1.82, 2.24) is 0 Å². The zero-order valence-electron chi connectivity index (χ0n) is 14.2. The van der Waals surface area contributed by atoms with Crippen LogP contribution in [0.5, 0.6) is 0 Å². The topological polar surface area (TPSA) is 34.6 Å². The molecule has 124 valence electrons. The highest BCUT2D eigenvalue weighted by atomic mass is 79.9. The number of hydrogen-bond donors (Lipinski definition) is 1. The summed E-state index contributed by atoms with van der Waals surface area (Å²) in [6.45, 7) is 5.80. The third-order valence-electron chi connectivity index (χ3n) is 4.36. The third-order valence-corrected chi connectivity index (χ3v) is 4.88. The summed E-state index contributed by atoms with van der Waals surface area (Å²) in [6, 6.07) is 14.1. The van der Waals surface area contributed by atoms with Crippen LogP contribution in [0.1, 0.15) is 22.3 Å². The summed E-state index contributed by atoms with van der Waals surface area (Å²) in [5.41, 5.74) is 5.06. The van der Waals surface area contributed by atoms with E-state index in [9.17, 15) is 4.79 Å². The molecule has 0 saturated heterocycles. The molecule has 0 fully saturated rings. The Morgan fingerprint density at radius 2 is 1.67 bits per heavy atom. The molecule has 0 bridgehead atoms. The molecule has 1 atom stereocenters. The number of quaternary nitrogens is 1. The molecule has 3 nitrogen and oxygen atoms in total. The van der Waals surface area contributed by atoms with Gasteiger partial charge < -0.3 is 9.32 Å². The lowest BCUT2D eigenvalue weighted by atomic mass is 10.0. The first-order chi connectivity index (χ1) is 11.4. The van der Waals surface area contributed by atoms with Crippen molar-refractivity contribution in [2.45, 2.75) is 26.9 Å². The highest BCUT2D eigenvalue weighted by Gasteiger charge is 2.12. The lowest BCUT2D eigenvalue weighted by Gasteiger charge is -2.15. The molecule has 0 aliphatic carbocycles. The maximum atomic E-state index is 11.9. The van der Waals surface area contributed by atoms with Crippen LogP contribution in [0.3, 0.4) is 0 Å². The summed E-state index contributed by atoms with van der Waals surface area (Å²) in [6.07, 6.45) is 0. The molecule has 1 N–H and O–H groups in total. The molecule has 0 amide bonds. The van der Waals surface area contributed by atoms with Gasteiger partial charge in [-0.3, -0.25) is 0 Å². The molecule has 2 aromatic carbocycles. The van der Waals surface area contributed by atoms with E-state index in [1.54, 1.807) is 6.07 Å². The van der Waals surface area contributed by atoms with Crippen molar-refractivity contribution in [2.24, 2.45) is 0 Å². The van der Waals surface area contributed by atoms with E-state index in [1.165, 1.54) is 16.0 Å². The van der Waals surface area contributed by atoms with Gasteiger partial charge >= 0.3 is 5.63 Å². The fourth-order valence-corrected chi connectivity index (χ4v) is 3.23. The second-order valence-corrected chi connectivity index (χ2v) is 7.38. The molecular formula is C20H21BrNO2+. The summed E-state index contributed by atoms with van der Waals surface area (Å²) in [7, 11) is 2.14. The van der Waals surface area contributed by atoms with E-state index in [0.717, 1.165) is 34.1 Å². The maximum Gasteiger partial charge on any atom is 0.336 e. The van der Waals surface area contributed by atoms with Crippen molar-refractivity contribution in [3.8, 4) is 0 Å². The minimum absolute atomic E-state index is 0.280. The van der Waals surface area contributed by atoms with Crippen LogP contribution < -0.4 is 10.5 Å². The zero-order chi connectivity index (χ0) is 17.3. The standard InChI is InChI=1S/C20H20BrNO2/c1-13-8-18-16(10-20(23)24-19(18)9-14(13)2)12-22(3)11-15-4-6-17(21)7-5-15/h4-10H,11-12H2,1-3H3/p+1. The summed E-state index contributed by atoms with van der Waals surface area (Å²) in [5, 5.41) is 1.04. The Bertz CT molecular complexity index is 929. The molecule has 24 heavy (non-hydrogen) atoms. The van der Waals surface area contributed by atoms with Gasteiger partial charge in [0, 0.05) is 27.1 Å². The minimum Gasteiger partial charge on any atom is -0.423 e. The highest BCUT2D eigenvalue weighted by Crippen LogP contribution is 2.21. The van der Waals surface area contributed by atoms with Gasteiger partial charge in [-0.1, -0.05) is 28.1 Å². The van der Waals surface area contributed by atoms with Crippen molar-refractivity contribution in [3.63, 3.8) is 0 Å². The zero-order valence-corrected chi connectivity index (χ0v) is 15.7. The predicted octanol–water partition coefficient (Wildman–Crippen LogP) is 3.39. The van der Waals surface area contributed by atoms with Crippen LogP contribution in [-0.4, -0.2) is 7.05 Å². The van der Waals surface area contributed by atoms with Crippen molar-refractivity contribution in [1.29, 1.82) is 0 Å². The summed E-state index contributed by atoms with van der Waals surface area (Å²) in [5.74, 6) is 0. The van der Waals surface area contributed by atoms with E-state index >= 15 is 0 Å². The quantitative estimate of drug-likeness (QED) is 0.697. The van der Waals surface area contributed by atoms with Gasteiger partial charge in [0.25, 0.3) is 0 Å². The van der Waals surface area contributed by atoms with Gasteiger partial charge in [0.15, 0.2) is 0 Å². The molecule has 1 heterocycles. The highest BCUT2D eigenvalue weighted by molar-refractivity contribution is 9.10. The van der Waals surface area contributed by atoms with Crippen LogP contribution in [0, 0.1) is 13.8 Å². The fourth-order valence-electron chi connectivity index (χ4n) is 2.97. The first-order valence-corrected chi connectivity index (χ1v) is 8.81. The van der Waals surface area contributed by atoms with Gasteiger partial charge in [0.2, 0.25) is 0 Å². The Morgan fingerprint density at radius 1 is 1.00 bits per heavy atom. The van der Waals surface area contributed by atoms with Crippen LogP contribution in [0.4, 0.5) is 0 Å². The summed E-state index contributed by atoms with van der Waals surface area (Å²) < 4.78 is 6.47. The molecule has 0 aliphatic heterocycles. The number of rotatable bonds is 4. The van der Waals surface area contributed by atoms with E-state index < -0.39 is 0 Å². The molecule has 1 aromatic heterocycles. The minimum atomic E-state index is -0.280. The Kier molecular flexibility index (Phi) is 4.88. The maximum absolute atomic E-state index is 11.9. The first-order valence-electron chi connectivity index (χ1n) is 8.02. The van der Waals surface area contributed by atoms with Crippen LogP contribution in [-0.2, 0) is 13.1 Å². The Balaban J connectivity index is 1.90. The van der Waals surface area contributed by atoms with E-state index in [0.29, 0.717) is 5.58 Å². The van der Waals surface area contributed by atoms with Gasteiger partial charge in [-0.15, -0.1) is 0 Å². The van der Waals surface area contributed by atoms with Gasteiger partial charge in [0.1, 0.15) is 18.7 Å². The normalized spacial score (nSPS) is 12.5. The lowest BCUT2D eigenvalue weighted by Crippen LogP contribution is -3.06.